The minimum Gasteiger partial charge on any atom is -0.508 e. The quantitative estimate of drug-likeness (QED) is 0.871. The van der Waals surface area contributed by atoms with E-state index in [9.17, 15) is 5.11 Å². The van der Waals surface area contributed by atoms with Crippen LogP contribution in [0.4, 0.5) is 0 Å². The van der Waals surface area contributed by atoms with Crippen molar-refractivity contribution in [2.45, 2.75) is 31.3 Å². The summed E-state index contributed by atoms with van der Waals surface area (Å²) in [5.74, 6) is -1.36. The highest BCUT2D eigenvalue weighted by Crippen LogP contribution is 2.42. The smallest absolute Gasteiger partial charge is 0.211 e. The van der Waals surface area contributed by atoms with Gasteiger partial charge in [0.1, 0.15) is 5.75 Å². The molecule has 1 aliphatic rings. The molecule has 0 spiro atoms. The third-order valence-corrected chi connectivity index (χ3v) is 3.47. The maximum atomic E-state index is 9.81. The van der Waals surface area contributed by atoms with Crippen LogP contribution in [0.3, 0.4) is 0 Å². The van der Waals surface area contributed by atoms with Crippen molar-refractivity contribution in [2.24, 2.45) is 5.92 Å². The summed E-state index contributed by atoms with van der Waals surface area (Å²) in [6, 6.07) is 5.80. The molecule has 0 aliphatic heterocycles. The molecule has 2 rings (SSSR count). The monoisotopic (exact) mass is 258 g/mol. The van der Waals surface area contributed by atoms with Gasteiger partial charge in [-0.2, -0.15) is 0 Å². The van der Waals surface area contributed by atoms with Crippen molar-refractivity contribution in [2.75, 3.05) is 20.4 Å². The number of phenols is 1. The van der Waals surface area contributed by atoms with E-state index in [-0.39, 0.29) is 23.5 Å². The summed E-state index contributed by atoms with van der Waals surface area (Å²) in [4.78, 5) is -0.0838. The molecule has 0 amide bonds. The largest absolute Gasteiger partial charge is 0.508 e. The zero-order chi connectivity index (χ0) is 20.7. The lowest BCUT2D eigenvalue weighted by atomic mass is 9.71. The van der Waals surface area contributed by atoms with Crippen molar-refractivity contribution in [3.8, 4) is 5.75 Å². The number of aromatic hydroxyl groups is 1. The molecule has 2 atom stereocenters. The Morgan fingerprint density at radius 1 is 1.56 bits per heavy atom. The van der Waals surface area contributed by atoms with Gasteiger partial charge in [-0.05, 0) is 44.5 Å². The van der Waals surface area contributed by atoms with E-state index in [1.54, 1.807) is 6.07 Å². The van der Waals surface area contributed by atoms with E-state index in [0.29, 0.717) is 18.4 Å². The van der Waals surface area contributed by atoms with Gasteiger partial charge in [-0.1, -0.05) is 25.0 Å². The molecule has 0 radical (unpaired) electrons. The number of hydrogen-bond acceptors (Lipinski definition) is 3. The van der Waals surface area contributed by atoms with Crippen LogP contribution in [-0.2, 0) is 5.60 Å². The van der Waals surface area contributed by atoms with Gasteiger partial charge in [0.2, 0.25) is 1.43 Å². The molecule has 0 heterocycles. The summed E-state index contributed by atoms with van der Waals surface area (Å²) >= 11 is 0. The van der Waals surface area contributed by atoms with E-state index in [2.05, 4.69) is 0 Å². The minimum absolute atomic E-state index is 0.0838. The van der Waals surface area contributed by atoms with Gasteiger partial charge >= 0.3 is 0 Å². The van der Waals surface area contributed by atoms with Crippen LogP contribution >= 0.6 is 0 Å². The van der Waals surface area contributed by atoms with Crippen LogP contribution in [-0.4, -0.2) is 37.0 Å². The van der Waals surface area contributed by atoms with E-state index in [1.165, 1.54) is 18.2 Å². The molecule has 0 unspecified atom stereocenters. The molecule has 3 heteroatoms. The lowest BCUT2D eigenvalue weighted by Crippen LogP contribution is -2.43. The van der Waals surface area contributed by atoms with Crippen LogP contribution in [0, 0.1) is 5.92 Å². The van der Waals surface area contributed by atoms with Crippen LogP contribution in [0.25, 0.3) is 0 Å². The van der Waals surface area contributed by atoms with E-state index in [0.717, 1.165) is 0 Å². The number of hydrogen-bond donors (Lipinski definition) is 2. The maximum Gasteiger partial charge on any atom is 0.211 e. The highest BCUT2D eigenvalue weighted by Gasteiger charge is 2.40. The van der Waals surface area contributed by atoms with Crippen LogP contribution < -0.4 is 0 Å². The second-order valence-corrected chi connectivity index (χ2v) is 4.70. The summed E-state index contributed by atoms with van der Waals surface area (Å²) in [5, 5.41) is 14.8. The van der Waals surface area contributed by atoms with E-state index < -0.39 is 32.0 Å². The topological polar surface area (TPSA) is 43.7 Å². The molecule has 1 aliphatic carbocycles. The van der Waals surface area contributed by atoms with Crippen LogP contribution in [0.5, 0.6) is 5.75 Å². The molecule has 0 saturated heterocycles. The normalized spacial score (nSPS) is 38.1. The molecule has 1 aromatic carbocycles. The Labute approximate surface area is 122 Å². The maximum absolute atomic E-state index is 9.81. The van der Waals surface area contributed by atoms with Gasteiger partial charge in [0.05, 0.1) is 5.60 Å². The average Bonchev–Trinajstić information content (AvgIpc) is 2.51. The van der Waals surface area contributed by atoms with E-state index in [1.807, 2.05) is 0 Å². The van der Waals surface area contributed by atoms with Crippen LogP contribution in [0.15, 0.2) is 24.3 Å². The first-order valence-corrected chi connectivity index (χ1v) is 6.01. The van der Waals surface area contributed by atoms with Crippen molar-refractivity contribution in [1.82, 2.24) is 4.90 Å². The van der Waals surface area contributed by atoms with Crippen molar-refractivity contribution in [3.05, 3.63) is 29.8 Å². The van der Waals surface area contributed by atoms with Gasteiger partial charge in [0.15, 0.2) is 0 Å². The Kier molecular flexibility index (Phi) is 1.74. The number of nitrogens with zero attached hydrogens (tertiary/aromatic N) is 1. The molecule has 1 fully saturated rings. The van der Waals surface area contributed by atoms with Crippen molar-refractivity contribution < 1.29 is 21.2 Å². The molecule has 0 aromatic heterocycles. The molecular weight excluding hydrogens is 226 g/mol. The molecular formula is C15H23NO2. The second kappa shape index (κ2) is 5.29. The van der Waals surface area contributed by atoms with Crippen molar-refractivity contribution in [1.29, 1.82) is 1.43 Å². The van der Waals surface area contributed by atoms with Gasteiger partial charge < -0.3 is 15.1 Å². The van der Waals surface area contributed by atoms with Gasteiger partial charge in [-0.25, -0.2) is 0 Å². The molecule has 100 valence electrons. The Balaban J connectivity index is 2.63. The summed E-state index contributed by atoms with van der Waals surface area (Å²) in [6.07, 6.45) is 1.44. The minimum atomic E-state index is -3.22. The van der Waals surface area contributed by atoms with Gasteiger partial charge in [-0.3, -0.25) is 0 Å². The van der Waals surface area contributed by atoms with Gasteiger partial charge in [0.25, 0.3) is 0 Å². The molecule has 1 saturated carbocycles. The predicted molar refractivity (Wildman–Crippen MR) is 72.5 cm³/mol. The summed E-state index contributed by atoms with van der Waals surface area (Å²) in [5.41, 5.74) is -1.28. The summed E-state index contributed by atoms with van der Waals surface area (Å²) in [6.45, 7) is -9.28. The first kappa shape index (κ1) is 5.93. The van der Waals surface area contributed by atoms with Crippen LogP contribution in [0.1, 0.15) is 42.2 Å². The summed E-state index contributed by atoms with van der Waals surface area (Å²) in [7, 11) is 0. The molecule has 0 bridgehead atoms. The van der Waals surface area contributed by atoms with E-state index in [4.69, 9.17) is 17.5 Å². The number of aliphatic hydroxyl groups is 1. The molecule has 18 heavy (non-hydrogen) atoms. The first-order chi connectivity index (χ1) is 12.3. The fourth-order valence-electron chi connectivity index (χ4n) is 2.58. The standard InChI is InChI=1S/C15H23NO2/c1-16(2)11-13-6-3-4-9-15(13,18)12-7-5-8-14(17)10-12/h5,7-8,10,13,17-18H,3-4,6,9,11H2,1-2H3/t13-,15+/m0/s1/i1D3,2D3,11D2,18D. The molecule has 3 nitrogen and oxygen atoms in total. The van der Waals surface area contributed by atoms with Gasteiger partial charge in [-0.15, -0.1) is 0 Å². The zero-order valence-corrected chi connectivity index (χ0v) is 10.0. The number of rotatable bonds is 4. The lowest BCUT2D eigenvalue weighted by molar-refractivity contribution is -0.0619. The molecule has 2 N–H and O–H groups in total. The SMILES string of the molecule is [2H]O[C@@]1(c2cccc(O)c2)CCCC[C@H]1C([2H])([2H])N(C([2H])([2H])[2H])C([2H])([2H])[2H]. The zero-order valence-electron chi connectivity index (χ0n) is 19.0. The highest BCUT2D eigenvalue weighted by atomic mass is 16.3. The third-order valence-electron chi connectivity index (χ3n) is 3.47. The average molecular weight is 258 g/mol. The fraction of sp³-hybridized carbons (Fsp3) is 0.600. The third kappa shape index (κ3) is 2.68. The number of benzene rings is 1. The second-order valence-electron chi connectivity index (χ2n) is 4.70. The van der Waals surface area contributed by atoms with Crippen molar-refractivity contribution in [3.63, 3.8) is 0 Å². The number of phenolic OH excluding ortho intramolecular Hbond substituents is 1. The fourth-order valence-corrected chi connectivity index (χ4v) is 2.58. The Hall–Kier alpha value is -1.06. The lowest BCUT2D eigenvalue weighted by Gasteiger charge is -2.41. The predicted octanol–water partition coefficient (Wildman–Crippen LogP) is 2.33. The van der Waals surface area contributed by atoms with Crippen LogP contribution in [0.2, 0.25) is 0 Å². The first-order valence-electron chi connectivity index (χ1n) is 10.4. The molecule has 1 aromatic rings. The Morgan fingerprint density at radius 2 is 2.44 bits per heavy atom. The van der Waals surface area contributed by atoms with Gasteiger partial charge in [0, 0.05) is 23.4 Å². The van der Waals surface area contributed by atoms with E-state index >= 15 is 0 Å². The summed E-state index contributed by atoms with van der Waals surface area (Å²) < 4.78 is 70.1. The van der Waals surface area contributed by atoms with Crippen molar-refractivity contribution >= 4 is 0 Å². The Morgan fingerprint density at radius 3 is 3.17 bits per heavy atom. The Bertz CT molecular complexity index is 647. The highest BCUT2D eigenvalue weighted by molar-refractivity contribution is 5.32.